The molecule has 7 heteroatoms. The van der Waals surface area contributed by atoms with Crippen molar-refractivity contribution >= 4 is 5.82 Å². The molecule has 0 N–H and O–H groups in total. The number of hydrogen-bond donors (Lipinski definition) is 0. The lowest BCUT2D eigenvalue weighted by atomic mass is 10.2. The summed E-state index contributed by atoms with van der Waals surface area (Å²) in [5.74, 6) is 0.0105. The van der Waals surface area contributed by atoms with Crippen molar-refractivity contribution in [3.8, 4) is 0 Å². The highest BCUT2D eigenvalue weighted by Crippen LogP contribution is 2.37. The van der Waals surface area contributed by atoms with Gasteiger partial charge < -0.3 is 4.90 Å². The molecule has 112 valence electrons. The Morgan fingerprint density at radius 3 is 2.81 bits per heavy atom. The maximum absolute atomic E-state index is 13.0. The van der Waals surface area contributed by atoms with Gasteiger partial charge >= 0.3 is 6.18 Å². The summed E-state index contributed by atoms with van der Waals surface area (Å²) in [6.45, 7) is 2.97. The SMILES string of the molecule is Cc1cnn(C2CCN(c3ncccc3C(F)(F)F)C2)c1. The topological polar surface area (TPSA) is 34.0 Å². The first-order valence-electron chi connectivity index (χ1n) is 6.73. The molecule has 0 bridgehead atoms. The Morgan fingerprint density at radius 2 is 2.14 bits per heavy atom. The highest BCUT2D eigenvalue weighted by molar-refractivity contribution is 5.49. The minimum absolute atomic E-state index is 0.0105. The van der Waals surface area contributed by atoms with Crippen molar-refractivity contribution < 1.29 is 13.2 Å². The van der Waals surface area contributed by atoms with Crippen LogP contribution in [0.1, 0.15) is 23.6 Å². The van der Waals surface area contributed by atoms with E-state index in [0.717, 1.165) is 18.1 Å². The van der Waals surface area contributed by atoms with Crippen molar-refractivity contribution in [3.63, 3.8) is 0 Å². The van der Waals surface area contributed by atoms with Gasteiger partial charge in [-0.15, -0.1) is 0 Å². The fraction of sp³-hybridized carbons (Fsp3) is 0.429. The molecular weight excluding hydrogens is 281 g/mol. The van der Waals surface area contributed by atoms with E-state index in [4.69, 9.17) is 0 Å². The second kappa shape index (κ2) is 5.05. The molecule has 0 radical (unpaired) electrons. The quantitative estimate of drug-likeness (QED) is 0.854. The van der Waals surface area contributed by atoms with Gasteiger partial charge in [0.25, 0.3) is 0 Å². The first-order chi connectivity index (χ1) is 9.95. The average molecular weight is 296 g/mol. The van der Waals surface area contributed by atoms with Crippen LogP contribution in [0.3, 0.4) is 0 Å². The molecule has 0 spiro atoms. The van der Waals surface area contributed by atoms with E-state index in [1.54, 1.807) is 11.1 Å². The maximum atomic E-state index is 13.0. The van der Waals surface area contributed by atoms with E-state index in [1.165, 1.54) is 12.3 Å². The van der Waals surface area contributed by atoms with Gasteiger partial charge in [-0.3, -0.25) is 4.68 Å². The van der Waals surface area contributed by atoms with Crippen molar-refractivity contribution in [1.29, 1.82) is 0 Å². The Bertz CT molecular complexity index is 635. The number of hydrogen-bond acceptors (Lipinski definition) is 3. The van der Waals surface area contributed by atoms with Crippen molar-refractivity contribution in [1.82, 2.24) is 14.8 Å². The summed E-state index contributed by atoms with van der Waals surface area (Å²) < 4.78 is 40.9. The minimum Gasteiger partial charge on any atom is -0.354 e. The van der Waals surface area contributed by atoms with Crippen LogP contribution in [0.5, 0.6) is 0 Å². The molecule has 2 aromatic heterocycles. The number of aryl methyl sites for hydroxylation is 1. The number of halogens is 3. The number of aromatic nitrogens is 3. The molecule has 0 aromatic carbocycles. The van der Waals surface area contributed by atoms with Gasteiger partial charge in [0.15, 0.2) is 0 Å². The standard InChI is InChI=1S/C14H15F3N4/c1-10-7-19-21(8-10)11-4-6-20(9-11)13-12(14(15,16)17)3-2-5-18-13/h2-3,5,7-8,11H,4,6,9H2,1H3. The summed E-state index contributed by atoms with van der Waals surface area (Å²) in [4.78, 5) is 5.62. The van der Waals surface area contributed by atoms with Crippen LogP contribution >= 0.6 is 0 Å². The molecule has 0 saturated carbocycles. The molecule has 21 heavy (non-hydrogen) atoms. The van der Waals surface area contributed by atoms with Gasteiger partial charge in [0.2, 0.25) is 0 Å². The lowest BCUT2D eigenvalue weighted by Gasteiger charge is -2.21. The zero-order valence-corrected chi connectivity index (χ0v) is 11.5. The van der Waals surface area contributed by atoms with Gasteiger partial charge in [-0.2, -0.15) is 18.3 Å². The van der Waals surface area contributed by atoms with Crippen LogP contribution in [0.2, 0.25) is 0 Å². The number of alkyl halides is 3. The van der Waals surface area contributed by atoms with Gasteiger partial charge in [0, 0.05) is 25.5 Å². The Balaban J connectivity index is 1.84. The molecular formula is C14H15F3N4. The van der Waals surface area contributed by atoms with E-state index in [2.05, 4.69) is 10.1 Å². The minimum atomic E-state index is -4.38. The Morgan fingerprint density at radius 1 is 1.33 bits per heavy atom. The third-order valence-corrected chi connectivity index (χ3v) is 3.66. The zero-order valence-electron chi connectivity index (χ0n) is 11.5. The van der Waals surface area contributed by atoms with E-state index in [0.29, 0.717) is 13.1 Å². The van der Waals surface area contributed by atoms with Crippen molar-refractivity contribution in [2.24, 2.45) is 0 Å². The van der Waals surface area contributed by atoms with Crippen molar-refractivity contribution in [3.05, 3.63) is 41.9 Å². The molecule has 0 aliphatic carbocycles. The molecule has 1 unspecified atom stereocenters. The first kappa shape index (κ1) is 13.9. The van der Waals surface area contributed by atoms with Crippen LogP contribution in [0.15, 0.2) is 30.7 Å². The lowest BCUT2D eigenvalue weighted by molar-refractivity contribution is -0.137. The summed E-state index contributed by atoms with van der Waals surface area (Å²) in [5, 5.41) is 4.24. The van der Waals surface area contributed by atoms with Crippen LogP contribution < -0.4 is 4.90 Å². The second-order valence-corrected chi connectivity index (χ2v) is 5.26. The second-order valence-electron chi connectivity index (χ2n) is 5.26. The van der Waals surface area contributed by atoms with Gasteiger partial charge in [0.1, 0.15) is 5.82 Å². The first-order valence-corrected chi connectivity index (χ1v) is 6.73. The molecule has 1 saturated heterocycles. The monoisotopic (exact) mass is 296 g/mol. The highest BCUT2D eigenvalue weighted by Gasteiger charge is 2.37. The number of nitrogens with zero attached hydrogens (tertiary/aromatic N) is 4. The molecule has 1 aliphatic heterocycles. The average Bonchev–Trinajstić information content (AvgIpc) is 3.06. The van der Waals surface area contributed by atoms with E-state index in [1.807, 2.05) is 17.8 Å². The largest absolute Gasteiger partial charge is 0.419 e. The Kier molecular flexibility index (Phi) is 3.35. The molecule has 1 atom stereocenters. The molecule has 1 aliphatic rings. The van der Waals surface area contributed by atoms with Crippen LogP contribution in [-0.2, 0) is 6.18 Å². The molecule has 0 amide bonds. The molecule has 2 aromatic rings. The predicted octanol–water partition coefficient (Wildman–Crippen LogP) is 3.06. The number of rotatable bonds is 2. The molecule has 3 heterocycles. The van der Waals surface area contributed by atoms with Crippen molar-refractivity contribution in [2.45, 2.75) is 25.6 Å². The third-order valence-electron chi connectivity index (χ3n) is 3.66. The predicted molar refractivity (Wildman–Crippen MR) is 72.1 cm³/mol. The summed E-state index contributed by atoms with van der Waals surface area (Å²) >= 11 is 0. The maximum Gasteiger partial charge on any atom is 0.419 e. The van der Waals surface area contributed by atoms with Crippen molar-refractivity contribution in [2.75, 3.05) is 18.0 Å². The van der Waals surface area contributed by atoms with Gasteiger partial charge in [-0.25, -0.2) is 4.98 Å². The highest BCUT2D eigenvalue weighted by atomic mass is 19.4. The zero-order chi connectivity index (χ0) is 15.0. The summed E-state index contributed by atoms with van der Waals surface area (Å²) in [6, 6.07) is 2.48. The Labute approximate surface area is 120 Å². The van der Waals surface area contributed by atoms with E-state index < -0.39 is 11.7 Å². The fourth-order valence-electron chi connectivity index (χ4n) is 2.65. The molecule has 4 nitrogen and oxygen atoms in total. The lowest BCUT2D eigenvalue weighted by Crippen LogP contribution is -2.25. The number of pyridine rings is 1. The molecule has 3 rings (SSSR count). The third kappa shape index (κ3) is 2.72. The van der Waals surface area contributed by atoms with Crippen LogP contribution in [0.4, 0.5) is 19.0 Å². The van der Waals surface area contributed by atoms with E-state index in [9.17, 15) is 13.2 Å². The smallest absolute Gasteiger partial charge is 0.354 e. The molecule has 1 fully saturated rings. The van der Waals surface area contributed by atoms with Crippen LogP contribution in [0, 0.1) is 6.92 Å². The fourth-order valence-corrected chi connectivity index (χ4v) is 2.65. The summed E-state index contributed by atoms with van der Waals surface area (Å²) in [7, 11) is 0. The van der Waals surface area contributed by atoms with Gasteiger partial charge in [0.05, 0.1) is 17.8 Å². The van der Waals surface area contributed by atoms with Gasteiger partial charge in [-0.05, 0) is 31.0 Å². The normalized spacial score (nSPS) is 19.2. The Hall–Kier alpha value is -2.05. The van der Waals surface area contributed by atoms with E-state index in [-0.39, 0.29) is 11.9 Å². The summed E-state index contributed by atoms with van der Waals surface area (Å²) in [6.07, 6.45) is 1.44. The van der Waals surface area contributed by atoms with Crippen LogP contribution in [0.25, 0.3) is 0 Å². The summed E-state index contributed by atoms with van der Waals surface area (Å²) in [5.41, 5.74) is 0.365. The van der Waals surface area contributed by atoms with Gasteiger partial charge in [-0.1, -0.05) is 0 Å². The van der Waals surface area contributed by atoms with Crippen LogP contribution in [-0.4, -0.2) is 27.9 Å². The number of anilines is 1. The van der Waals surface area contributed by atoms with E-state index >= 15 is 0 Å².